The van der Waals surface area contributed by atoms with Crippen LogP contribution in [-0.4, -0.2) is 31.1 Å². The van der Waals surface area contributed by atoms with Crippen molar-refractivity contribution in [2.24, 2.45) is 4.99 Å². The molecule has 6 heteroatoms. The standard InChI is InChI=1S/C17H23N3OS.HI/c1-4-10-22-11-9-19-17(18-3)20-12-16-13(2)14-7-5-6-8-15(14)21-16;/h4-8H,1,9-12H2,2-3H3,(H2,18,19,20);1H. The Hall–Kier alpha value is -1.15. The number of hydrogen-bond donors (Lipinski definition) is 2. The van der Waals surface area contributed by atoms with E-state index in [2.05, 4.69) is 35.2 Å². The largest absolute Gasteiger partial charge is 0.459 e. The molecule has 23 heavy (non-hydrogen) atoms. The van der Waals surface area contributed by atoms with Gasteiger partial charge in [-0.3, -0.25) is 4.99 Å². The fourth-order valence-electron chi connectivity index (χ4n) is 2.19. The third-order valence-electron chi connectivity index (χ3n) is 3.36. The Morgan fingerprint density at radius 2 is 2.13 bits per heavy atom. The molecule has 0 amide bonds. The van der Waals surface area contributed by atoms with Crippen LogP contribution in [0.15, 0.2) is 46.3 Å². The average Bonchev–Trinajstić information content (AvgIpc) is 2.87. The van der Waals surface area contributed by atoms with Crippen LogP contribution in [0.2, 0.25) is 0 Å². The highest BCUT2D eigenvalue weighted by atomic mass is 127. The van der Waals surface area contributed by atoms with Crippen molar-refractivity contribution in [1.82, 2.24) is 10.6 Å². The Morgan fingerprint density at radius 3 is 2.83 bits per heavy atom. The number of aliphatic imine (C=N–C) groups is 1. The van der Waals surface area contributed by atoms with Crippen molar-refractivity contribution in [3.63, 3.8) is 0 Å². The van der Waals surface area contributed by atoms with E-state index in [9.17, 15) is 0 Å². The van der Waals surface area contributed by atoms with E-state index in [0.29, 0.717) is 6.54 Å². The van der Waals surface area contributed by atoms with Crippen LogP contribution in [0.4, 0.5) is 0 Å². The fraction of sp³-hybridized carbons (Fsp3) is 0.353. The lowest BCUT2D eigenvalue weighted by molar-refractivity contribution is 0.535. The van der Waals surface area contributed by atoms with E-state index in [-0.39, 0.29) is 24.0 Å². The summed E-state index contributed by atoms with van der Waals surface area (Å²) >= 11 is 1.84. The third-order valence-corrected chi connectivity index (χ3v) is 4.32. The molecule has 0 unspecified atom stereocenters. The molecule has 0 radical (unpaired) electrons. The van der Waals surface area contributed by atoms with E-state index in [0.717, 1.165) is 35.4 Å². The van der Waals surface area contributed by atoms with E-state index in [1.54, 1.807) is 7.05 Å². The van der Waals surface area contributed by atoms with E-state index in [4.69, 9.17) is 4.42 Å². The highest BCUT2D eigenvalue weighted by Gasteiger charge is 2.10. The number of hydrogen-bond acceptors (Lipinski definition) is 3. The number of benzene rings is 1. The second-order valence-corrected chi connectivity index (χ2v) is 6.01. The molecule has 0 saturated heterocycles. The molecule has 2 aromatic rings. The summed E-state index contributed by atoms with van der Waals surface area (Å²) in [4.78, 5) is 4.23. The van der Waals surface area contributed by atoms with Crippen molar-refractivity contribution < 1.29 is 4.42 Å². The molecule has 4 nitrogen and oxygen atoms in total. The Morgan fingerprint density at radius 1 is 1.35 bits per heavy atom. The number of para-hydroxylation sites is 1. The van der Waals surface area contributed by atoms with Gasteiger partial charge in [0, 0.05) is 36.0 Å². The molecule has 1 aromatic carbocycles. The van der Waals surface area contributed by atoms with E-state index in [1.807, 2.05) is 36.0 Å². The normalized spacial score (nSPS) is 11.1. The number of halogens is 1. The van der Waals surface area contributed by atoms with Crippen molar-refractivity contribution in [3.8, 4) is 0 Å². The maximum atomic E-state index is 5.89. The lowest BCUT2D eigenvalue weighted by Gasteiger charge is -2.10. The van der Waals surface area contributed by atoms with Crippen LogP contribution in [0.5, 0.6) is 0 Å². The van der Waals surface area contributed by atoms with Gasteiger partial charge in [0.2, 0.25) is 0 Å². The molecule has 0 aliphatic heterocycles. The van der Waals surface area contributed by atoms with Crippen LogP contribution in [0.1, 0.15) is 11.3 Å². The summed E-state index contributed by atoms with van der Waals surface area (Å²) in [6.07, 6.45) is 1.92. The number of thioether (sulfide) groups is 1. The van der Waals surface area contributed by atoms with Crippen molar-refractivity contribution in [3.05, 3.63) is 48.2 Å². The molecule has 1 aromatic heterocycles. The Kier molecular flexibility index (Phi) is 9.16. The molecular weight excluding hydrogens is 421 g/mol. The average molecular weight is 445 g/mol. The lowest BCUT2D eigenvalue weighted by Crippen LogP contribution is -2.38. The molecular formula is C17H24IN3OS. The summed E-state index contributed by atoms with van der Waals surface area (Å²) in [6.45, 7) is 7.30. The molecule has 0 aliphatic rings. The molecule has 2 N–H and O–H groups in total. The van der Waals surface area contributed by atoms with Crippen molar-refractivity contribution >= 4 is 52.7 Å². The quantitative estimate of drug-likeness (QED) is 0.223. The van der Waals surface area contributed by atoms with E-state index >= 15 is 0 Å². The lowest BCUT2D eigenvalue weighted by atomic mass is 10.1. The first-order chi connectivity index (χ1) is 10.8. The Balaban J connectivity index is 0.00000264. The summed E-state index contributed by atoms with van der Waals surface area (Å²) in [5, 5.41) is 7.76. The predicted molar refractivity (Wildman–Crippen MR) is 112 cm³/mol. The molecule has 126 valence electrons. The molecule has 1 heterocycles. The topological polar surface area (TPSA) is 49.6 Å². The number of fused-ring (bicyclic) bond motifs is 1. The molecule has 0 saturated carbocycles. The first-order valence-corrected chi connectivity index (χ1v) is 8.52. The molecule has 0 bridgehead atoms. The first-order valence-electron chi connectivity index (χ1n) is 7.36. The molecule has 2 rings (SSSR count). The fourth-order valence-corrected chi connectivity index (χ4v) is 2.77. The molecule has 0 aliphatic carbocycles. The molecule has 0 spiro atoms. The Bertz CT molecular complexity index is 654. The first kappa shape index (κ1) is 19.9. The summed E-state index contributed by atoms with van der Waals surface area (Å²) in [6, 6.07) is 8.10. The van der Waals surface area contributed by atoms with Gasteiger partial charge < -0.3 is 15.1 Å². The summed E-state index contributed by atoms with van der Waals surface area (Å²) in [5.74, 6) is 3.74. The van der Waals surface area contributed by atoms with Gasteiger partial charge in [0.25, 0.3) is 0 Å². The van der Waals surface area contributed by atoms with Crippen LogP contribution >= 0.6 is 35.7 Å². The van der Waals surface area contributed by atoms with Crippen molar-refractivity contribution in [2.45, 2.75) is 13.5 Å². The van der Waals surface area contributed by atoms with Gasteiger partial charge in [0.15, 0.2) is 5.96 Å². The van der Waals surface area contributed by atoms with Crippen LogP contribution in [0.3, 0.4) is 0 Å². The van der Waals surface area contributed by atoms with Gasteiger partial charge in [-0.25, -0.2) is 0 Å². The monoisotopic (exact) mass is 445 g/mol. The maximum Gasteiger partial charge on any atom is 0.191 e. The van der Waals surface area contributed by atoms with Crippen LogP contribution in [0.25, 0.3) is 11.0 Å². The zero-order valence-corrected chi connectivity index (χ0v) is 16.7. The minimum atomic E-state index is 0. The zero-order valence-electron chi connectivity index (χ0n) is 13.6. The van der Waals surface area contributed by atoms with Gasteiger partial charge in [0.1, 0.15) is 11.3 Å². The second kappa shape index (κ2) is 10.6. The van der Waals surface area contributed by atoms with Crippen LogP contribution in [-0.2, 0) is 6.54 Å². The second-order valence-electron chi connectivity index (χ2n) is 4.86. The summed E-state index contributed by atoms with van der Waals surface area (Å²) in [5.41, 5.74) is 2.11. The van der Waals surface area contributed by atoms with Gasteiger partial charge in [0.05, 0.1) is 6.54 Å². The zero-order chi connectivity index (χ0) is 15.8. The van der Waals surface area contributed by atoms with E-state index < -0.39 is 0 Å². The van der Waals surface area contributed by atoms with Gasteiger partial charge in [-0.15, -0.1) is 30.6 Å². The van der Waals surface area contributed by atoms with Gasteiger partial charge in [-0.1, -0.05) is 24.3 Å². The predicted octanol–water partition coefficient (Wildman–Crippen LogP) is 3.94. The highest BCUT2D eigenvalue weighted by Crippen LogP contribution is 2.24. The minimum absolute atomic E-state index is 0. The number of aryl methyl sites for hydroxylation is 1. The maximum absolute atomic E-state index is 5.89. The summed E-state index contributed by atoms with van der Waals surface area (Å²) < 4.78 is 5.89. The van der Waals surface area contributed by atoms with Crippen molar-refractivity contribution in [1.29, 1.82) is 0 Å². The number of furan rings is 1. The van der Waals surface area contributed by atoms with E-state index in [1.165, 1.54) is 10.9 Å². The number of nitrogens with zero attached hydrogens (tertiary/aromatic N) is 1. The minimum Gasteiger partial charge on any atom is -0.459 e. The van der Waals surface area contributed by atoms with Crippen LogP contribution < -0.4 is 10.6 Å². The Labute approximate surface area is 159 Å². The van der Waals surface area contributed by atoms with Gasteiger partial charge in [-0.05, 0) is 13.0 Å². The smallest absolute Gasteiger partial charge is 0.191 e. The number of rotatable bonds is 7. The number of guanidine groups is 1. The number of nitrogens with one attached hydrogen (secondary N) is 2. The SMILES string of the molecule is C=CCSCCNC(=NC)NCc1oc2ccccc2c1C.I. The third kappa shape index (κ3) is 5.76. The molecule has 0 fully saturated rings. The van der Waals surface area contributed by atoms with Crippen LogP contribution in [0, 0.1) is 6.92 Å². The van der Waals surface area contributed by atoms with Gasteiger partial charge >= 0.3 is 0 Å². The molecule has 0 atom stereocenters. The highest BCUT2D eigenvalue weighted by molar-refractivity contribution is 14.0. The summed E-state index contributed by atoms with van der Waals surface area (Å²) in [7, 11) is 1.78. The van der Waals surface area contributed by atoms with Gasteiger partial charge in [-0.2, -0.15) is 11.8 Å². The van der Waals surface area contributed by atoms with Crippen molar-refractivity contribution in [2.75, 3.05) is 25.1 Å².